The van der Waals surface area contributed by atoms with Crippen LogP contribution in [-0.4, -0.2) is 25.3 Å². The summed E-state index contributed by atoms with van der Waals surface area (Å²) in [7, 11) is -0.963. The maximum absolute atomic E-state index is 14.2. The first kappa shape index (κ1) is 22.2. The summed E-state index contributed by atoms with van der Waals surface area (Å²) >= 11 is 0. The SMILES string of the molecule is C=CS(=O)(=O)Cc1cccc(Oc2ccc(F)cc2F)c1-c1nn(C)c(=O)cc1OC. The van der Waals surface area contributed by atoms with Gasteiger partial charge in [-0.3, -0.25) is 4.79 Å². The fourth-order valence-electron chi connectivity index (χ4n) is 2.85. The lowest BCUT2D eigenvalue weighted by molar-refractivity contribution is 0.409. The molecule has 0 aliphatic carbocycles. The Morgan fingerprint density at radius 3 is 2.52 bits per heavy atom. The van der Waals surface area contributed by atoms with Crippen molar-refractivity contribution in [2.24, 2.45) is 7.05 Å². The number of halogens is 2. The smallest absolute Gasteiger partial charge is 0.270 e. The molecule has 10 heteroatoms. The Labute approximate surface area is 177 Å². The molecule has 1 aromatic heterocycles. The van der Waals surface area contributed by atoms with Gasteiger partial charge in [0.15, 0.2) is 27.2 Å². The number of benzene rings is 2. The summed E-state index contributed by atoms with van der Waals surface area (Å²) in [6, 6.07) is 8.48. The molecule has 31 heavy (non-hydrogen) atoms. The van der Waals surface area contributed by atoms with Crippen molar-refractivity contribution in [3.05, 3.63) is 82.0 Å². The third-order valence-electron chi connectivity index (χ3n) is 4.35. The second-order valence-electron chi connectivity index (χ2n) is 6.46. The molecule has 0 saturated carbocycles. The van der Waals surface area contributed by atoms with Crippen LogP contribution in [0, 0.1) is 11.6 Å². The first-order valence-electron chi connectivity index (χ1n) is 8.88. The van der Waals surface area contributed by atoms with Crippen molar-refractivity contribution >= 4 is 9.84 Å². The van der Waals surface area contributed by atoms with E-state index < -0.39 is 32.8 Å². The van der Waals surface area contributed by atoms with Gasteiger partial charge in [-0.25, -0.2) is 21.9 Å². The molecule has 0 amide bonds. The molecule has 3 rings (SSSR count). The van der Waals surface area contributed by atoms with Gasteiger partial charge in [0.2, 0.25) is 0 Å². The lowest BCUT2D eigenvalue weighted by Crippen LogP contribution is -2.20. The molecule has 0 unspecified atom stereocenters. The Morgan fingerprint density at radius 1 is 1.13 bits per heavy atom. The van der Waals surface area contributed by atoms with Crippen LogP contribution in [0.15, 0.2) is 59.2 Å². The average molecular weight is 448 g/mol. The normalized spacial score (nSPS) is 11.2. The van der Waals surface area contributed by atoms with E-state index in [1.54, 1.807) is 0 Å². The molecule has 2 aromatic carbocycles. The standard InChI is InChI=1S/C21H18F2N2O5S/c1-4-31(27,28)12-13-6-5-7-17(30-16-9-8-14(22)10-15(16)23)20(13)21-18(29-3)11-19(26)25(2)24-21/h4-11H,1,12H2,2-3H3. The van der Waals surface area contributed by atoms with E-state index in [4.69, 9.17) is 9.47 Å². The van der Waals surface area contributed by atoms with Crippen LogP contribution in [0.4, 0.5) is 8.78 Å². The summed E-state index contributed by atoms with van der Waals surface area (Å²) in [5.41, 5.74) is 0.0780. The van der Waals surface area contributed by atoms with Crippen LogP contribution in [0.3, 0.4) is 0 Å². The molecule has 0 spiro atoms. The molecule has 0 atom stereocenters. The van der Waals surface area contributed by atoms with Gasteiger partial charge < -0.3 is 9.47 Å². The molecule has 0 aliphatic rings. The van der Waals surface area contributed by atoms with Gasteiger partial charge in [0.1, 0.15) is 17.3 Å². The Bertz CT molecular complexity index is 1320. The topological polar surface area (TPSA) is 87.5 Å². The van der Waals surface area contributed by atoms with Crippen LogP contribution in [0.1, 0.15) is 5.56 Å². The molecule has 0 N–H and O–H groups in total. The highest BCUT2D eigenvalue weighted by Gasteiger charge is 2.23. The number of ether oxygens (including phenoxy) is 2. The van der Waals surface area contributed by atoms with Crippen molar-refractivity contribution in [2.45, 2.75) is 5.75 Å². The first-order chi connectivity index (χ1) is 14.6. The quantitative estimate of drug-likeness (QED) is 0.549. The maximum Gasteiger partial charge on any atom is 0.270 e. The summed E-state index contributed by atoms with van der Waals surface area (Å²) < 4.78 is 63.9. The number of methoxy groups -OCH3 is 1. The van der Waals surface area contributed by atoms with E-state index in [0.717, 1.165) is 22.2 Å². The monoisotopic (exact) mass is 448 g/mol. The first-order valence-corrected chi connectivity index (χ1v) is 10.6. The molecule has 0 fully saturated rings. The molecule has 0 radical (unpaired) electrons. The fraction of sp³-hybridized carbons (Fsp3) is 0.143. The minimum absolute atomic E-state index is 0.0340. The van der Waals surface area contributed by atoms with E-state index in [1.807, 2.05) is 0 Å². The van der Waals surface area contributed by atoms with E-state index in [-0.39, 0.29) is 34.1 Å². The van der Waals surface area contributed by atoms with E-state index in [1.165, 1.54) is 38.4 Å². The van der Waals surface area contributed by atoms with Crippen molar-refractivity contribution in [3.63, 3.8) is 0 Å². The van der Waals surface area contributed by atoms with Crippen molar-refractivity contribution in [1.82, 2.24) is 9.78 Å². The Hall–Kier alpha value is -3.53. The predicted octanol–water partition coefficient (Wildman–Crippen LogP) is 3.58. The maximum atomic E-state index is 14.2. The van der Waals surface area contributed by atoms with Gasteiger partial charge in [-0.15, -0.1) is 0 Å². The van der Waals surface area contributed by atoms with E-state index in [0.29, 0.717) is 6.07 Å². The average Bonchev–Trinajstić information content (AvgIpc) is 2.72. The van der Waals surface area contributed by atoms with Gasteiger partial charge in [0.25, 0.3) is 5.56 Å². The zero-order valence-electron chi connectivity index (χ0n) is 16.6. The number of rotatable bonds is 7. The predicted molar refractivity (Wildman–Crippen MR) is 111 cm³/mol. The summed E-state index contributed by atoms with van der Waals surface area (Å²) in [4.78, 5) is 12.0. The lowest BCUT2D eigenvalue weighted by atomic mass is 10.0. The Balaban J connectivity index is 2.29. The van der Waals surface area contributed by atoms with Crippen molar-refractivity contribution in [3.8, 4) is 28.5 Å². The van der Waals surface area contributed by atoms with Gasteiger partial charge in [-0.1, -0.05) is 18.7 Å². The number of hydrogen-bond donors (Lipinski definition) is 0. The second-order valence-corrected chi connectivity index (χ2v) is 8.41. The van der Waals surface area contributed by atoms with Gasteiger partial charge >= 0.3 is 0 Å². The van der Waals surface area contributed by atoms with Gasteiger partial charge in [-0.2, -0.15) is 5.10 Å². The van der Waals surface area contributed by atoms with Crippen molar-refractivity contribution in [1.29, 1.82) is 0 Å². The Kier molecular flexibility index (Phi) is 6.21. The highest BCUT2D eigenvalue weighted by Crippen LogP contribution is 2.40. The number of sulfone groups is 1. The molecule has 162 valence electrons. The van der Waals surface area contributed by atoms with Crippen LogP contribution in [0.25, 0.3) is 11.3 Å². The van der Waals surface area contributed by atoms with Crippen LogP contribution in [0.2, 0.25) is 0 Å². The van der Waals surface area contributed by atoms with Crippen molar-refractivity contribution in [2.75, 3.05) is 7.11 Å². The fourth-order valence-corrected chi connectivity index (χ4v) is 3.65. The highest BCUT2D eigenvalue weighted by molar-refractivity contribution is 7.93. The van der Waals surface area contributed by atoms with E-state index in [2.05, 4.69) is 11.7 Å². The zero-order valence-corrected chi connectivity index (χ0v) is 17.4. The zero-order chi connectivity index (χ0) is 22.8. The van der Waals surface area contributed by atoms with Crippen molar-refractivity contribution < 1.29 is 26.7 Å². The second kappa shape index (κ2) is 8.68. The van der Waals surface area contributed by atoms with Gasteiger partial charge in [-0.05, 0) is 23.8 Å². The third kappa shape index (κ3) is 4.80. The Morgan fingerprint density at radius 2 is 1.87 bits per heavy atom. The van der Waals surface area contributed by atoms with Gasteiger partial charge in [0, 0.05) is 24.6 Å². The van der Waals surface area contributed by atoms with Crippen LogP contribution in [-0.2, 0) is 22.6 Å². The number of aromatic nitrogens is 2. The molecule has 0 saturated heterocycles. The largest absolute Gasteiger partial charge is 0.494 e. The third-order valence-corrected chi connectivity index (χ3v) is 5.57. The summed E-state index contributed by atoms with van der Waals surface area (Å²) in [6.07, 6.45) is 0. The molecule has 0 aliphatic heterocycles. The molecule has 1 heterocycles. The van der Waals surface area contributed by atoms with Crippen LogP contribution >= 0.6 is 0 Å². The summed E-state index contributed by atoms with van der Waals surface area (Å²) in [5.74, 6) is -2.37. The number of aryl methyl sites for hydroxylation is 1. The minimum atomic E-state index is -3.70. The minimum Gasteiger partial charge on any atom is -0.494 e. The van der Waals surface area contributed by atoms with E-state index in [9.17, 15) is 22.0 Å². The summed E-state index contributed by atoms with van der Waals surface area (Å²) in [5, 5.41) is 5.01. The highest BCUT2D eigenvalue weighted by atomic mass is 32.2. The number of hydrogen-bond acceptors (Lipinski definition) is 6. The molecule has 7 nitrogen and oxygen atoms in total. The molecule has 0 bridgehead atoms. The number of nitrogens with zero attached hydrogens (tertiary/aromatic N) is 2. The summed E-state index contributed by atoms with van der Waals surface area (Å²) in [6.45, 7) is 3.31. The van der Waals surface area contributed by atoms with Crippen LogP contribution < -0.4 is 15.0 Å². The molecular weight excluding hydrogens is 430 g/mol. The molecular formula is C21H18F2N2O5S. The molecule has 3 aromatic rings. The van der Waals surface area contributed by atoms with Gasteiger partial charge in [0.05, 0.1) is 18.4 Å². The van der Waals surface area contributed by atoms with Crippen LogP contribution in [0.5, 0.6) is 17.2 Å². The lowest BCUT2D eigenvalue weighted by Gasteiger charge is -2.17. The van der Waals surface area contributed by atoms with E-state index >= 15 is 0 Å².